The van der Waals surface area contributed by atoms with Gasteiger partial charge in [-0.05, 0) is 31.5 Å². The molecule has 1 saturated heterocycles. The monoisotopic (exact) mass is 475 g/mol. The molecular weight excluding hydrogens is 457 g/mol. The number of hydrogen-bond acceptors (Lipinski definition) is 5. The maximum Gasteiger partial charge on any atom is 0.417 e. The molecule has 0 saturated carbocycles. The Morgan fingerprint density at radius 3 is 2.55 bits per heavy atom. The van der Waals surface area contributed by atoms with E-state index < -0.39 is 65.1 Å². The molecule has 0 aliphatic carbocycles. The highest BCUT2D eigenvalue weighted by Crippen LogP contribution is 2.51. The molecule has 1 fully saturated rings. The summed E-state index contributed by atoms with van der Waals surface area (Å²) < 4.78 is 79.3. The van der Waals surface area contributed by atoms with Crippen LogP contribution in [0.3, 0.4) is 0 Å². The first-order valence-corrected chi connectivity index (χ1v) is 9.36. The molecule has 0 bridgehead atoms. The van der Waals surface area contributed by atoms with Gasteiger partial charge in [-0.25, -0.2) is 9.38 Å². The highest BCUT2D eigenvalue weighted by atomic mass is 19.4. The molecule has 8 nitrogen and oxygen atoms in total. The lowest BCUT2D eigenvalue weighted by molar-refractivity contribution is -0.262. The number of carbonyl (C=O) groups excluding carboxylic acids is 2. The molecule has 3 rings (SSSR count). The molecule has 13 heteroatoms. The molecule has 0 radical (unpaired) electrons. The lowest BCUT2D eigenvalue weighted by Gasteiger charge is -2.26. The Balaban J connectivity index is 2.12. The van der Waals surface area contributed by atoms with Gasteiger partial charge in [0.05, 0.1) is 12.5 Å². The molecule has 33 heavy (non-hydrogen) atoms. The predicted octanol–water partition coefficient (Wildman–Crippen LogP) is 2.43. The number of halogens is 5. The van der Waals surface area contributed by atoms with Crippen LogP contribution in [-0.2, 0) is 9.53 Å². The van der Waals surface area contributed by atoms with Gasteiger partial charge in [-0.2, -0.15) is 22.3 Å². The number of carbonyl (C=O) groups is 2. The summed E-state index contributed by atoms with van der Waals surface area (Å²) in [5.74, 6) is -7.04. The minimum atomic E-state index is -4.90. The van der Waals surface area contributed by atoms with Crippen molar-refractivity contribution in [3.63, 3.8) is 0 Å². The van der Waals surface area contributed by atoms with E-state index in [9.17, 15) is 36.7 Å². The van der Waals surface area contributed by atoms with Crippen LogP contribution in [0.25, 0.3) is 0 Å². The van der Waals surface area contributed by atoms with Crippen molar-refractivity contribution in [3.8, 4) is 5.75 Å². The lowest BCUT2D eigenvalue weighted by Crippen LogP contribution is -2.43. The molecule has 178 valence electrons. The summed E-state index contributed by atoms with van der Waals surface area (Å²) in [6.07, 6.45) is -6.62. The van der Waals surface area contributed by atoms with E-state index in [0.29, 0.717) is 10.8 Å². The van der Waals surface area contributed by atoms with E-state index in [-0.39, 0.29) is 10.9 Å². The molecule has 0 spiro atoms. The van der Waals surface area contributed by atoms with Crippen molar-refractivity contribution in [2.75, 3.05) is 7.11 Å². The summed E-state index contributed by atoms with van der Waals surface area (Å²) in [5.41, 5.74) is 1.64. The molecular formula is C20H18F5N3O5. The molecule has 3 N–H and O–H groups in total. The van der Waals surface area contributed by atoms with E-state index >= 15 is 0 Å². The van der Waals surface area contributed by atoms with Gasteiger partial charge in [0, 0.05) is 17.7 Å². The van der Waals surface area contributed by atoms with Crippen LogP contribution in [0.5, 0.6) is 5.75 Å². The summed E-state index contributed by atoms with van der Waals surface area (Å²) in [5, 5.41) is 9.36. The van der Waals surface area contributed by atoms with Gasteiger partial charge in [0.25, 0.3) is 11.8 Å². The first-order chi connectivity index (χ1) is 15.3. The zero-order valence-corrected chi connectivity index (χ0v) is 17.2. The van der Waals surface area contributed by atoms with E-state index in [2.05, 4.69) is 4.99 Å². The third-order valence-electron chi connectivity index (χ3n) is 5.30. The number of ether oxygens (including phenoxy) is 2. The van der Waals surface area contributed by atoms with Gasteiger partial charge in [0.2, 0.25) is 5.82 Å². The average Bonchev–Trinajstić information content (AvgIpc) is 3.10. The second-order valence-electron chi connectivity index (χ2n) is 7.49. The number of nitrogens with zero attached hydrogens (tertiary/aromatic N) is 2. The number of hydrogen-bond donors (Lipinski definition) is 2. The molecule has 2 heterocycles. The van der Waals surface area contributed by atoms with Crippen LogP contribution in [-0.4, -0.2) is 46.7 Å². The molecule has 2 aromatic rings. The summed E-state index contributed by atoms with van der Waals surface area (Å²) in [7, 11) is 1.00. The first kappa shape index (κ1) is 24.2. The van der Waals surface area contributed by atoms with E-state index in [0.717, 1.165) is 38.4 Å². The van der Waals surface area contributed by atoms with Gasteiger partial charge in [0.15, 0.2) is 17.2 Å². The number of methoxy groups -OCH3 is 1. The van der Waals surface area contributed by atoms with Crippen molar-refractivity contribution in [2.24, 2.45) is 10.7 Å². The minimum absolute atomic E-state index is 0.209. The van der Waals surface area contributed by atoms with Gasteiger partial charge in [0.1, 0.15) is 11.8 Å². The zero-order valence-electron chi connectivity index (χ0n) is 17.2. The van der Waals surface area contributed by atoms with E-state index in [4.69, 9.17) is 15.2 Å². The molecule has 1 aliphatic rings. The first-order valence-electron chi connectivity index (χ1n) is 9.36. The normalized spacial score (nSPS) is 23.5. The van der Waals surface area contributed by atoms with Gasteiger partial charge < -0.3 is 20.4 Å². The maximum atomic E-state index is 14.2. The van der Waals surface area contributed by atoms with Gasteiger partial charge in [-0.1, -0.05) is 6.07 Å². The average molecular weight is 475 g/mol. The lowest BCUT2D eigenvalue weighted by atomic mass is 9.86. The number of nitrogens with two attached hydrogens (primary N) is 1. The molecule has 1 aliphatic heterocycles. The Hall–Kier alpha value is -3.48. The van der Waals surface area contributed by atoms with Crippen LogP contribution in [0, 0.1) is 11.6 Å². The van der Waals surface area contributed by atoms with Crippen LogP contribution in [0.2, 0.25) is 0 Å². The number of pyridine rings is 1. The van der Waals surface area contributed by atoms with Crippen molar-refractivity contribution in [1.29, 1.82) is 0 Å². The smallest absolute Gasteiger partial charge is 0.417 e. The van der Waals surface area contributed by atoms with Crippen molar-refractivity contribution in [2.45, 2.75) is 37.1 Å². The van der Waals surface area contributed by atoms with Crippen LogP contribution in [0.1, 0.15) is 35.3 Å². The zero-order chi connectivity index (χ0) is 24.7. The number of alkyl halides is 3. The Bertz CT molecular complexity index is 1180. The summed E-state index contributed by atoms with van der Waals surface area (Å²) >= 11 is 0. The highest BCUT2D eigenvalue weighted by molar-refractivity contribution is 5.91. The van der Waals surface area contributed by atoms with Gasteiger partial charge in [-0.15, -0.1) is 0 Å². The Kier molecular flexibility index (Phi) is 6.20. The molecule has 0 unspecified atom stereocenters. The fraction of sp³-hybridized carbons (Fsp3) is 0.350. The maximum absolute atomic E-state index is 14.2. The number of primary amides is 1. The van der Waals surface area contributed by atoms with Gasteiger partial charge in [-0.3, -0.25) is 9.59 Å². The summed E-state index contributed by atoms with van der Waals surface area (Å²) in [4.78, 5) is 27.9. The third-order valence-corrected chi connectivity index (χ3v) is 5.30. The van der Waals surface area contributed by atoms with Crippen LogP contribution in [0.4, 0.5) is 22.0 Å². The molecule has 3 atom stereocenters. The topological polar surface area (TPSA) is 116 Å². The van der Waals surface area contributed by atoms with Crippen molar-refractivity contribution in [1.82, 2.24) is 4.73 Å². The van der Waals surface area contributed by atoms with E-state index in [1.54, 1.807) is 0 Å². The molecule has 1 aromatic heterocycles. The van der Waals surface area contributed by atoms with Crippen molar-refractivity contribution >= 4 is 11.8 Å². The largest absolute Gasteiger partial charge is 0.493 e. The molecule has 2 amide bonds. The fourth-order valence-corrected chi connectivity index (χ4v) is 3.59. The minimum Gasteiger partial charge on any atom is -0.493 e. The van der Waals surface area contributed by atoms with E-state index in [1.807, 2.05) is 0 Å². The number of benzene rings is 1. The second kappa shape index (κ2) is 8.46. The Morgan fingerprint density at radius 2 is 1.97 bits per heavy atom. The summed E-state index contributed by atoms with van der Waals surface area (Å²) in [6.45, 7) is 0.724. The third kappa shape index (κ3) is 4.40. The quantitative estimate of drug-likeness (QED) is 0.521. The number of amides is 2. The predicted molar refractivity (Wildman–Crippen MR) is 100 cm³/mol. The van der Waals surface area contributed by atoms with Crippen LogP contribution < -0.4 is 15.8 Å². The summed E-state index contributed by atoms with van der Waals surface area (Å²) in [6, 6.07) is 3.74. The SMILES string of the molecule is COc1c([C@@H]2C[C@](C)(C(F)(F)F)O[C@@H]2C(=O)N=c2ccn(O)c(C(N)=O)c2)ccc(F)c1F. The highest BCUT2D eigenvalue weighted by Gasteiger charge is 2.61. The Morgan fingerprint density at radius 1 is 1.30 bits per heavy atom. The molecule has 1 aromatic carbocycles. The van der Waals surface area contributed by atoms with E-state index in [1.165, 1.54) is 0 Å². The number of aromatic nitrogens is 1. The van der Waals surface area contributed by atoms with Gasteiger partial charge >= 0.3 is 6.18 Å². The Labute approximate surface area is 183 Å². The van der Waals surface area contributed by atoms with Crippen LogP contribution >= 0.6 is 0 Å². The van der Waals surface area contributed by atoms with Crippen molar-refractivity contribution < 1.29 is 46.2 Å². The standard InChI is InChI=1S/C20H18F5N3O5/c1-19(20(23,24)25)8-11(10-3-4-12(21)14(22)15(10)32-2)16(33-19)18(30)27-9-5-6-28(31)13(7-9)17(26)29/h3-7,11,16,31H,8H2,1-2H3,(H2,26,29)/t11-,16-,19+/m0/s1. The second-order valence-corrected chi connectivity index (χ2v) is 7.49. The fourth-order valence-electron chi connectivity index (χ4n) is 3.59. The van der Waals surface area contributed by atoms with Crippen molar-refractivity contribution in [3.05, 3.63) is 58.7 Å². The van der Waals surface area contributed by atoms with Crippen LogP contribution in [0.15, 0.2) is 35.5 Å². The number of rotatable bonds is 4.